The minimum absolute atomic E-state index is 0. The van der Waals surface area contributed by atoms with E-state index in [-0.39, 0.29) is 24.4 Å². The fourth-order valence-corrected chi connectivity index (χ4v) is 2.64. The van der Waals surface area contributed by atoms with Crippen LogP contribution in [0.1, 0.15) is 24.5 Å². The molecule has 118 valence electrons. The van der Waals surface area contributed by atoms with Gasteiger partial charge in [0.1, 0.15) is 0 Å². The molecule has 1 aliphatic rings. The third-order valence-corrected chi connectivity index (χ3v) is 4.05. The van der Waals surface area contributed by atoms with E-state index in [2.05, 4.69) is 36.9 Å². The summed E-state index contributed by atoms with van der Waals surface area (Å²) in [5.74, 6) is 0.0908. The maximum absolute atomic E-state index is 12.1. The number of amides is 1. The van der Waals surface area contributed by atoms with Crippen molar-refractivity contribution in [2.75, 3.05) is 31.1 Å². The fourth-order valence-electron chi connectivity index (χ4n) is 2.64. The Balaban J connectivity index is 0.00000220. The number of hydrogen-bond donors (Lipinski definition) is 1. The molecule has 1 fully saturated rings. The SMILES string of the molecule is CCC(N)C(=O)N1CCN(c2cc(C)ccc2C)CC1.Cl. The lowest BCUT2D eigenvalue weighted by Gasteiger charge is -2.37. The predicted molar refractivity (Wildman–Crippen MR) is 90.2 cm³/mol. The van der Waals surface area contributed by atoms with Crippen LogP contribution in [0, 0.1) is 13.8 Å². The molecule has 21 heavy (non-hydrogen) atoms. The van der Waals surface area contributed by atoms with Gasteiger partial charge in [0.15, 0.2) is 0 Å². The van der Waals surface area contributed by atoms with Crippen molar-refractivity contribution in [2.45, 2.75) is 33.2 Å². The van der Waals surface area contributed by atoms with Crippen LogP contribution in [0.5, 0.6) is 0 Å². The lowest BCUT2D eigenvalue weighted by atomic mass is 10.1. The van der Waals surface area contributed by atoms with Gasteiger partial charge in [-0.1, -0.05) is 19.1 Å². The highest BCUT2D eigenvalue weighted by molar-refractivity contribution is 5.85. The van der Waals surface area contributed by atoms with Crippen LogP contribution >= 0.6 is 12.4 Å². The summed E-state index contributed by atoms with van der Waals surface area (Å²) in [6.45, 7) is 9.50. The van der Waals surface area contributed by atoms with E-state index >= 15 is 0 Å². The van der Waals surface area contributed by atoms with Crippen molar-refractivity contribution in [3.05, 3.63) is 29.3 Å². The van der Waals surface area contributed by atoms with Gasteiger partial charge in [-0.2, -0.15) is 0 Å². The number of rotatable bonds is 3. The van der Waals surface area contributed by atoms with Crippen LogP contribution in [0.25, 0.3) is 0 Å². The molecule has 1 heterocycles. The summed E-state index contributed by atoms with van der Waals surface area (Å²) in [7, 11) is 0. The molecule has 0 spiro atoms. The van der Waals surface area contributed by atoms with Crippen molar-refractivity contribution in [3.8, 4) is 0 Å². The molecule has 1 atom stereocenters. The summed E-state index contributed by atoms with van der Waals surface area (Å²) in [6.07, 6.45) is 0.704. The molecule has 1 saturated heterocycles. The highest BCUT2D eigenvalue weighted by atomic mass is 35.5. The maximum Gasteiger partial charge on any atom is 0.239 e. The Morgan fingerprint density at radius 1 is 1.24 bits per heavy atom. The first kappa shape index (κ1) is 17.8. The molecule has 1 amide bonds. The van der Waals surface area contributed by atoms with E-state index in [1.54, 1.807) is 0 Å². The number of anilines is 1. The number of aryl methyl sites for hydroxylation is 2. The summed E-state index contributed by atoms with van der Waals surface area (Å²) < 4.78 is 0. The van der Waals surface area contributed by atoms with E-state index < -0.39 is 0 Å². The van der Waals surface area contributed by atoms with Crippen LogP contribution < -0.4 is 10.6 Å². The molecule has 1 aromatic rings. The van der Waals surface area contributed by atoms with Gasteiger partial charge in [0, 0.05) is 31.9 Å². The van der Waals surface area contributed by atoms with Crippen LogP contribution in [0.4, 0.5) is 5.69 Å². The Kier molecular flexibility index (Phi) is 6.49. The Labute approximate surface area is 133 Å². The number of carbonyl (C=O) groups is 1. The number of nitrogens with two attached hydrogens (primary N) is 1. The first-order valence-electron chi connectivity index (χ1n) is 7.39. The Morgan fingerprint density at radius 2 is 1.86 bits per heavy atom. The molecule has 0 aliphatic carbocycles. The van der Waals surface area contributed by atoms with Crippen molar-refractivity contribution in [1.82, 2.24) is 4.90 Å². The topological polar surface area (TPSA) is 49.6 Å². The second-order valence-corrected chi connectivity index (χ2v) is 5.62. The largest absolute Gasteiger partial charge is 0.368 e. The van der Waals surface area contributed by atoms with Gasteiger partial charge in [-0.05, 0) is 37.5 Å². The molecular weight excluding hydrogens is 286 g/mol. The maximum atomic E-state index is 12.1. The van der Waals surface area contributed by atoms with E-state index in [4.69, 9.17) is 5.73 Å². The van der Waals surface area contributed by atoms with Crippen LogP contribution in [0.15, 0.2) is 18.2 Å². The Bertz CT molecular complexity index is 484. The summed E-state index contributed by atoms with van der Waals surface area (Å²) in [5, 5.41) is 0. The highest BCUT2D eigenvalue weighted by Crippen LogP contribution is 2.22. The molecule has 4 nitrogen and oxygen atoms in total. The monoisotopic (exact) mass is 311 g/mol. The minimum atomic E-state index is -0.345. The van der Waals surface area contributed by atoms with Crippen molar-refractivity contribution >= 4 is 24.0 Å². The zero-order valence-corrected chi connectivity index (χ0v) is 13.9. The normalized spacial score (nSPS) is 16.4. The van der Waals surface area contributed by atoms with E-state index in [0.29, 0.717) is 6.42 Å². The molecule has 5 heteroatoms. The van der Waals surface area contributed by atoms with Crippen LogP contribution in [-0.4, -0.2) is 43.0 Å². The average Bonchev–Trinajstić information content (AvgIpc) is 2.48. The van der Waals surface area contributed by atoms with Crippen molar-refractivity contribution < 1.29 is 4.79 Å². The summed E-state index contributed by atoms with van der Waals surface area (Å²) in [6, 6.07) is 6.18. The van der Waals surface area contributed by atoms with E-state index in [1.807, 2.05) is 11.8 Å². The number of nitrogens with zero attached hydrogens (tertiary/aromatic N) is 2. The van der Waals surface area contributed by atoms with E-state index in [0.717, 1.165) is 26.2 Å². The quantitative estimate of drug-likeness (QED) is 0.930. The van der Waals surface area contributed by atoms with Gasteiger partial charge >= 0.3 is 0 Å². The molecule has 0 radical (unpaired) electrons. The van der Waals surface area contributed by atoms with Crippen molar-refractivity contribution in [2.24, 2.45) is 5.73 Å². The molecule has 2 rings (SSSR count). The average molecular weight is 312 g/mol. The number of carbonyl (C=O) groups excluding carboxylic acids is 1. The molecule has 1 aliphatic heterocycles. The molecule has 0 bridgehead atoms. The van der Waals surface area contributed by atoms with Gasteiger partial charge in [-0.15, -0.1) is 12.4 Å². The second kappa shape index (κ2) is 7.66. The minimum Gasteiger partial charge on any atom is -0.368 e. The summed E-state index contributed by atoms with van der Waals surface area (Å²) >= 11 is 0. The molecule has 1 aromatic carbocycles. The zero-order valence-electron chi connectivity index (χ0n) is 13.1. The lowest BCUT2D eigenvalue weighted by molar-refractivity contribution is -0.132. The fraction of sp³-hybridized carbons (Fsp3) is 0.562. The van der Waals surface area contributed by atoms with Gasteiger partial charge in [0.05, 0.1) is 6.04 Å². The smallest absolute Gasteiger partial charge is 0.239 e. The molecule has 0 aromatic heterocycles. The van der Waals surface area contributed by atoms with Crippen molar-refractivity contribution in [1.29, 1.82) is 0 Å². The molecule has 0 saturated carbocycles. The van der Waals surface area contributed by atoms with Crippen molar-refractivity contribution in [3.63, 3.8) is 0 Å². The third kappa shape index (κ3) is 4.11. The predicted octanol–water partition coefficient (Wildman–Crippen LogP) is 2.11. The molecule has 2 N–H and O–H groups in total. The first-order valence-corrected chi connectivity index (χ1v) is 7.39. The van der Waals surface area contributed by atoms with Gasteiger partial charge in [-0.3, -0.25) is 4.79 Å². The Hall–Kier alpha value is -1.26. The standard InChI is InChI=1S/C16H25N3O.ClH/c1-4-14(17)16(20)19-9-7-18(8-10-19)15-11-12(2)5-6-13(15)3;/h5-6,11,14H,4,7-10,17H2,1-3H3;1H. The molecular formula is C16H26ClN3O. The van der Waals surface area contributed by atoms with Gasteiger partial charge in [0.25, 0.3) is 0 Å². The summed E-state index contributed by atoms with van der Waals surface area (Å²) in [5.41, 5.74) is 9.69. The number of piperazine rings is 1. The number of benzene rings is 1. The van der Waals surface area contributed by atoms with E-state index in [1.165, 1.54) is 16.8 Å². The molecule has 1 unspecified atom stereocenters. The highest BCUT2D eigenvalue weighted by Gasteiger charge is 2.24. The lowest BCUT2D eigenvalue weighted by Crippen LogP contribution is -2.53. The number of halogens is 1. The Morgan fingerprint density at radius 3 is 2.43 bits per heavy atom. The number of hydrogen-bond acceptors (Lipinski definition) is 3. The van der Waals surface area contributed by atoms with Crippen LogP contribution in [-0.2, 0) is 4.79 Å². The zero-order chi connectivity index (χ0) is 14.7. The van der Waals surface area contributed by atoms with Gasteiger partial charge in [-0.25, -0.2) is 0 Å². The van der Waals surface area contributed by atoms with Crippen LogP contribution in [0.3, 0.4) is 0 Å². The first-order chi connectivity index (χ1) is 9.52. The second-order valence-electron chi connectivity index (χ2n) is 5.62. The van der Waals surface area contributed by atoms with E-state index in [9.17, 15) is 4.79 Å². The third-order valence-electron chi connectivity index (χ3n) is 4.05. The van der Waals surface area contributed by atoms with Gasteiger partial charge in [0.2, 0.25) is 5.91 Å². The van der Waals surface area contributed by atoms with Crippen LogP contribution in [0.2, 0.25) is 0 Å². The van der Waals surface area contributed by atoms with Gasteiger partial charge < -0.3 is 15.5 Å². The summed E-state index contributed by atoms with van der Waals surface area (Å²) in [4.78, 5) is 16.3.